The van der Waals surface area contributed by atoms with Gasteiger partial charge in [-0.25, -0.2) is 0 Å². The van der Waals surface area contributed by atoms with Crippen molar-refractivity contribution in [2.75, 3.05) is 7.11 Å². The number of aromatic nitrogens is 3. The van der Waals surface area contributed by atoms with Crippen LogP contribution in [0.4, 0.5) is 13.2 Å². The lowest BCUT2D eigenvalue weighted by Gasteiger charge is -2.13. The molecule has 0 radical (unpaired) electrons. The number of ether oxygens (including phenoxy) is 1. The van der Waals surface area contributed by atoms with E-state index < -0.39 is 11.9 Å². The number of pyridine rings is 1. The summed E-state index contributed by atoms with van der Waals surface area (Å²) in [4.78, 5) is 16.1. The number of carbonyl (C=O) groups excluding carboxylic acids is 1. The third kappa shape index (κ3) is 4.07. The number of hydrogen-bond acceptors (Lipinski definition) is 5. The number of methoxy groups -OCH3 is 1. The molecule has 3 heterocycles. The zero-order valence-electron chi connectivity index (χ0n) is 16.3. The lowest BCUT2D eigenvalue weighted by atomic mass is 10.1. The molecule has 1 atom stereocenters. The van der Waals surface area contributed by atoms with Crippen molar-refractivity contribution in [3.63, 3.8) is 0 Å². The fraction of sp³-hybridized carbons (Fsp3) is 0.238. The maximum atomic E-state index is 13.0. The maximum absolute atomic E-state index is 13.0. The highest BCUT2D eigenvalue weighted by Gasteiger charge is 2.33. The molecular formula is C21H16F3N5O2. The van der Waals surface area contributed by atoms with Crippen LogP contribution in [0.3, 0.4) is 0 Å². The number of nitrogens with one attached hydrogen (secondary N) is 1. The van der Waals surface area contributed by atoms with Gasteiger partial charge in [0.25, 0.3) is 5.91 Å². The molecular weight excluding hydrogens is 411 g/mol. The monoisotopic (exact) mass is 427 g/mol. The summed E-state index contributed by atoms with van der Waals surface area (Å²) in [5, 5.41) is 16.4. The van der Waals surface area contributed by atoms with E-state index in [1.165, 1.54) is 31.4 Å². The first-order valence-corrected chi connectivity index (χ1v) is 9.30. The Balaban J connectivity index is 1.57. The van der Waals surface area contributed by atoms with Crippen LogP contribution in [0.15, 0.2) is 42.6 Å². The summed E-state index contributed by atoms with van der Waals surface area (Å²) in [6, 6.07) is 10.2. The van der Waals surface area contributed by atoms with Gasteiger partial charge in [0.1, 0.15) is 11.4 Å². The molecule has 0 bridgehead atoms. The number of fused-ring (bicyclic) bond motifs is 1. The minimum absolute atomic E-state index is 0.276. The minimum Gasteiger partial charge on any atom is -0.497 e. The van der Waals surface area contributed by atoms with E-state index in [1.807, 2.05) is 6.07 Å². The van der Waals surface area contributed by atoms with Crippen molar-refractivity contribution < 1.29 is 22.7 Å². The molecule has 7 nitrogen and oxygen atoms in total. The summed E-state index contributed by atoms with van der Waals surface area (Å²) < 4.78 is 45.7. The smallest absolute Gasteiger partial charge is 0.433 e. The summed E-state index contributed by atoms with van der Waals surface area (Å²) in [5.41, 5.74) is 0.932. The number of nitrogens with zero attached hydrogens (tertiary/aromatic N) is 4. The number of hydrogen-bond donors (Lipinski definition) is 1. The molecule has 1 aromatic carbocycles. The maximum Gasteiger partial charge on any atom is 0.433 e. The van der Waals surface area contributed by atoms with E-state index >= 15 is 0 Å². The van der Waals surface area contributed by atoms with Crippen LogP contribution in [0.5, 0.6) is 5.75 Å². The fourth-order valence-corrected chi connectivity index (χ4v) is 3.48. The fourth-order valence-electron chi connectivity index (χ4n) is 3.48. The summed E-state index contributed by atoms with van der Waals surface area (Å²) in [7, 11) is 1.44. The van der Waals surface area contributed by atoms with Crippen molar-refractivity contribution in [3.8, 4) is 23.1 Å². The van der Waals surface area contributed by atoms with E-state index in [1.54, 1.807) is 10.7 Å². The molecule has 1 N–H and O–H groups in total. The van der Waals surface area contributed by atoms with Crippen molar-refractivity contribution in [3.05, 3.63) is 65.1 Å². The van der Waals surface area contributed by atoms with Crippen molar-refractivity contribution in [1.29, 1.82) is 5.26 Å². The Bertz CT molecular complexity index is 1200. The number of halogens is 3. The summed E-state index contributed by atoms with van der Waals surface area (Å²) in [6.07, 6.45) is -2.86. The molecule has 4 rings (SSSR count). The van der Waals surface area contributed by atoms with Crippen molar-refractivity contribution in [2.24, 2.45) is 0 Å². The zero-order valence-corrected chi connectivity index (χ0v) is 16.3. The predicted molar refractivity (Wildman–Crippen MR) is 103 cm³/mol. The van der Waals surface area contributed by atoms with E-state index in [0.717, 1.165) is 12.3 Å². The van der Waals surface area contributed by atoms with Gasteiger partial charge in [-0.2, -0.15) is 23.5 Å². The largest absolute Gasteiger partial charge is 0.497 e. The number of rotatable bonds is 4. The topological polar surface area (TPSA) is 92.8 Å². The Labute approximate surface area is 175 Å². The molecule has 158 valence electrons. The first kappa shape index (κ1) is 20.4. The standard InChI is InChI=1S/C21H16F3N5O2/c1-31-15-7-12(11-25)6-14(8-15)20(30)27-16-3-5-29-18(16)10-17(28-29)13-2-4-26-19(9-13)21(22,23)24/h2,4,6-10,16H,3,5H2,1H3,(H,27,30). The number of amides is 1. The molecule has 0 spiro atoms. The quantitative estimate of drug-likeness (QED) is 0.685. The Kier molecular flexibility index (Phi) is 5.10. The molecule has 1 aliphatic rings. The Morgan fingerprint density at radius 1 is 1.29 bits per heavy atom. The molecule has 10 heteroatoms. The van der Waals surface area contributed by atoms with Gasteiger partial charge in [-0.05, 0) is 42.8 Å². The van der Waals surface area contributed by atoms with Crippen molar-refractivity contribution in [2.45, 2.75) is 25.2 Å². The lowest BCUT2D eigenvalue weighted by Crippen LogP contribution is -2.27. The van der Waals surface area contributed by atoms with Crippen molar-refractivity contribution >= 4 is 5.91 Å². The van der Waals surface area contributed by atoms with Gasteiger partial charge in [0.05, 0.1) is 36.2 Å². The van der Waals surface area contributed by atoms with E-state index in [2.05, 4.69) is 15.4 Å². The van der Waals surface area contributed by atoms with E-state index in [-0.39, 0.29) is 17.5 Å². The Morgan fingerprint density at radius 2 is 2.10 bits per heavy atom. The summed E-state index contributed by atoms with van der Waals surface area (Å²) >= 11 is 0. The Morgan fingerprint density at radius 3 is 2.81 bits per heavy atom. The highest BCUT2D eigenvalue weighted by molar-refractivity contribution is 5.95. The normalized spacial score (nSPS) is 15.3. The van der Waals surface area contributed by atoms with Gasteiger partial charge >= 0.3 is 6.18 Å². The van der Waals surface area contributed by atoms with Gasteiger partial charge in [-0.3, -0.25) is 14.5 Å². The predicted octanol–water partition coefficient (Wildman–Crippen LogP) is 3.72. The first-order valence-electron chi connectivity index (χ1n) is 9.30. The molecule has 1 aliphatic heterocycles. The van der Waals surface area contributed by atoms with Gasteiger partial charge in [-0.1, -0.05) is 0 Å². The number of alkyl halides is 3. The van der Waals surface area contributed by atoms with Gasteiger partial charge in [0, 0.05) is 23.9 Å². The number of aryl methyl sites for hydroxylation is 1. The van der Waals surface area contributed by atoms with Crippen LogP contribution in [0.1, 0.15) is 39.8 Å². The van der Waals surface area contributed by atoms with Crippen LogP contribution in [0, 0.1) is 11.3 Å². The second-order valence-electron chi connectivity index (χ2n) is 6.98. The highest BCUT2D eigenvalue weighted by atomic mass is 19.4. The molecule has 0 aliphatic carbocycles. The number of nitriles is 1. The van der Waals surface area contributed by atoms with Gasteiger partial charge in [-0.15, -0.1) is 0 Å². The molecule has 0 saturated heterocycles. The molecule has 1 unspecified atom stereocenters. The average molecular weight is 427 g/mol. The third-order valence-electron chi connectivity index (χ3n) is 4.98. The van der Waals surface area contributed by atoms with E-state index in [4.69, 9.17) is 10.00 Å². The summed E-state index contributed by atoms with van der Waals surface area (Å²) in [5.74, 6) is 0.000902. The van der Waals surface area contributed by atoms with Crippen LogP contribution in [-0.4, -0.2) is 27.8 Å². The molecule has 31 heavy (non-hydrogen) atoms. The minimum atomic E-state index is -4.55. The van der Waals surface area contributed by atoms with Crippen LogP contribution in [0.25, 0.3) is 11.3 Å². The molecule has 3 aromatic rings. The highest BCUT2D eigenvalue weighted by Crippen LogP contribution is 2.33. The second-order valence-corrected chi connectivity index (χ2v) is 6.98. The van der Waals surface area contributed by atoms with Crippen LogP contribution >= 0.6 is 0 Å². The van der Waals surface area contributed by atoms with Gasteiger partial charge < -0.3 is 10.1 Å². The van der Waals surface area contributed by atoms with Gasteiger partial charge in [0.15, 0.2) is 0 Å². The Hall–Kier alpha value is -3.87. The van der Waals surface area contributed by atoms with Crippen LogP contribution in [0.2, 0.25) is 0 Å². The van der Waals surface area contributed by atoms with Crippen molar-refractivity contribution in [1.82, 2.24) is 20.1 Å². The third-order valence-corrected chi connectivity index (χ3v) is 4.98. The zero-order chi connectivity index (χ0) is 22.2. The van der Waals surface area contributed by atoms with E-state index in [0.29, 0.717) is 41.2 Å². The lowest BCUT2D eigenvalue weighted by molar-refractivity contribution is -0.141. The molecule has 0 saturated carbocycles. The van der Waals surface area contributed by atoms with E-state index in [9.17, 15) is 18.0 Å². The van der Waals surface area contributed by atoms with Crippen LogP contribution in [-0.2, 0) is 12.7 Å². The molecule has 1 amide bonds. The average Bonchev–Trinajstić information content (AvgIpc) is 3.34. The van der Waals surface area contributed by atoms with Crippen LogP contribution < -0.4 is 10.1 Å². The number of carbonyl (C=O) groups is 1. The van der Waals surface area contributed by atoms with Gasteiger partial charge in [0.2, 0.25) is 0 Å². The SMILES string of the molecule is COc1cc(C#N)cc(C(=O)NC2CCn3nc(-c4ccnc(C(F)(F)F)c4)cc32)c1. The second kappa shape index (κ2) is 7.75. The number of benzene rings is 1. The molecule has 2 aromatic heterocycles. The first-order chi connectivity index (χ1) is 14.8. The molecule has 0 fully saturated rings. The summed E-state index contributed by atoms with van der Waals surface area (Å²) in [6.45, 7) is 0.513.